The van der Waals surface area contributed by atoms with Gasteiger partial charge in [-0.05, 0) is 12.3 Å². The number of hydrogen-bond acceptors (Lipinski definition) is 3. The highest BCUT2D eigenvalue weighted by Crippen LogP contribution is 2.26. The molecule has 0 saturated carbocycles. The molecule has 0 spiro atoms. The average Bonchev–Trinajstić information content (AvgIpc) is 2.60. The second-order valence-electron chi connectivity index (χ2n) is 5.04. The number of rotatable bonds is 6. The molecule has 1 N–H and O–H groups in total. The number of hydrogen-bond donors (Lipinski definition) is 1. The van der Waals surface area contributed by atoms with Crippen LogP contribution >= 0.6 is 0 Å². The van der Waals surface area contributed by atoms with Crippen molar-refractivity contribution in [2.24, 2.45) is 11.8 Å². The smallest absolute Gasteiger partial charge is 0.233 e. The Kier molecular flexibility index (Phi) is 5.31. The number of nitrogens with one attached hydrogen (secondary N) is 1. The molecule has 0 radical (unpaired) electrons. The predicted molar refractivity (Wildman–Crippen MR) is 69.7 cm³/mol. The maximum atomic E-state index is 12.0. The van der Waals surface area contributed by atoms with Gasteiger partial charge in [-0.15, -0.1) is 0 Å². The molecule has 1 rings (SSSR count). The van der Waals surface area contributed by atoms with Crippen molar-refractivity contribution < 1.29 is 15.8 Å². The molecule has 0 aliphatic carbocycles. The van der Waals surface area contributed by atoms with Crippen molar-refractivity contribution in [2.75, 3.05) is 13.1 Å². The first kappa shape index (κ1) is 14.7. The minimum Gasteiger partial charge on any atom is -0.356 e. The lowest BCUT2D eigenvalue weighted by Crippen LogP contribution is -2.35. The van der Waals surface area contributed by atoms with Gasteiger partial charge in [-0.25, -0.2) is 0 Å². The molecular formula is C13H24N2O3. The van der Waals surface area contributed by atoms with Gasteiger partial charge in [0.05, 0.1) is 0 Å². The van der Waals surface area contributed by atoms with E-state index in [4.69, 9.17) is 0 Å². The van der Waals surface area contributed by atoms with Gasteiger partial charge in [-0.1, -0.05) is 20.8 Å². The van der Waals surface area contributed by atoms with E-state index in [9.17, 15) is 14.4 Å². The molecule has 1 heterocycles. The van der Waals surface area contributed by atoms with Crippen molar-refractivity contribution in [3.05, 3.63) is 0 Å². The summed E-state index contributed by atoms with van der Waals surface area (Å²) >= 11 is 0. The van der Waals surface area contributed by atoms with Gasteiger partial charge in [0.2, 0.25) is 17.7 Å². The van der Waals surface area contributed by atoms with E-state index in [0.717, 1.165) is 6.42 Å². The minimum absolute atomic E-state index is 0. The Balaban J connectivity index is 0.00000324. The predicted octanol–water partition coefficient (Wildman–Crippen LogP) is 1.18. The van der Waals surface area contributed by atoms with Crippen LogP contribution in [0.4, 0.5) is 0 Å². The van der Waals surface area contributed by atoms with Gasteiger partial charge in [0.15, 0.2) is 0 Å². The fraction of sp³-hybridized carbons (Fsp3) is 0.769. The Morgan fingerprint density at radius 3 is 2.67 bits per heavy atom. The summed E-state index contributed by atoms with van der Waals surface area (Å²) in [4.78, 5) is 36.3. The van der Waals surface area contributed by atoms with Gasteiger partial charge in [0.25, 0.3) is 0 Å². The van der Waals surface area contributed by atoms with Crippen LogP contribution in [0.15, 0.2) is 0 Å². The van der Waals surface area contributed by atoms with Gasteiger partial charge in [0, 0.05) is 33.3 Å². The van der Waals surface area contributed by atoms with Gasteiger partial charge in [-0.3, -0.25) is 19.3 Å². The normalized spacial score (nSPS) is 19.8. The SMILES string of the molecule is CCCNC(=O)CCN1C(=O)CC(C(C)C)C1=O.[HH]. The van der Waals surface area contributed by atoms with Crippen LogP contribution in [0.2, 0.25) is 0 Å². The van der Waals surface area contributed by atoms with Crippen molar-refractivity contribution in [3.63, 3.8) is 0 Å². The Hall–Kier alpha value is -1.39. The van der Waals surface area contributed by atoms with Crippen LogP contribution in [0.25, 0.3) is 0 Å². The maximum Gasteiger partial charge on any atom is 0.233 e. The van der Waals surface area contributed by atoms with Crippen molar-refractivity contribution in [2.45, 2.75) is 40.0 Å². The standard InChI is InChI=1S/C13H22N2O3.H2/c1-4-6-14-11(16)5-7-15-12(17)8-10(9(2)3)13(15)18;/h9-10H,4-8H2,1-3H3,(H,14,16);1H. The summed E-state index contributed by atoms with van der Waals surface area (Å²) < 4.78 is 0. The highest BCUT2D eigenvalue weighted by molar-refractivity contribution is 6.03. The second-order valence-corrected chi connectivity index (χ2v) is 5.04. The molecule has 5 heteroatoms. The summed E-state index contributed by atoms with van der Waals surface area (Å²) in [7, 11) is 0. The molecule has 1 aliphatic heterocycles. The molecule has 0 bridgehead atoms. The minimum atomic E-state index is -0.212. The summed E-state index contributed by atoms with van der Waals surface area (Å²) in [6.07, 6.45) is 1.36. The molecule has 3 amide bonds. The molecule has 0 aromatic rings. The van der Waals surface area contributed by atoms with E-state index < -0.39 is 0 Å². The average molecular weight is 256 g/mol. The van der Waals surface area contributed by atoms with Crippen molar-refractivity contribution in [1.29, 1.82) is 0 Å². The topological polar surface area (TPSA) is 66.5 Å². The van der Waals surface area contributed by atoms with Crippen LogP contribution in [0.3, 0.4) is 0 Å². The Bertz CT molecular complexity index is 345. The Morgan fingerprint density at radius 2 is 2.17 bits per heavy atom. The zero-order valence-electron chi connectivity index (χ0n) is 11.4. The van der Waals surface area contributed by atoms with Crippen LogP contribution in [0, 0.1) is 11.8 Å². The molecule has 104 valence electrons. The van der Waals surface area contributed by atoms with E-state index in [0.29, 0.717) is 6.54 Å². The number of imide groups is 1. The van der Waals surface area contributed by atoms with Gasteiger partial charge < -0.3 is 5.32 Å². The fourth-order valence-corrected chi connectivity index (χ4v) is 2.03. The van der Waals surface area contributed by atoms with Crippen LogP contribution in [0.5, 0.6) is 0 Å². The number of likely N-dealkylation sites (tertiary alicyclic amines) is 1. The Labute approximate surface area is 109 Å². The summed E-state index contributed by atoms with van der Waals surface area (Å²) in [5, 5.41) is 2.73. The summed E-state index contributed by atoms with van der Waals surface area (Å²) in [5.74, 6) is -0.428. The molecule has 1 fully saturated rings. The molecule has 0 aromatic carbocycles. The maximum absolute atomic E-state index is 12.0. The van der Waals surface area contributed by atoms with E-state index in [1.807, 2.05) is 20.8 Å². The monoisotopic (exact) mass is 256 g/mol. The first-order valence-corrected chi connectivity index (χ1v) is 6.58. The van der Waals surface area contributed by atoms with Crippen molar-refractivity contribution in [3.8, 4) is 0 Å². The van der Waals surface area contributed by atoms with Crippen LogP contribution < -0.4 is 5.32 Å². The van der Waals surface area contributed by atoms with Crippen molar-refractivity contribution in [1.82, 2.24) is 10.2 Å². The molecule has 1 aliphatic rings. The third kappa shape index (κ3) is 3.55. The van der Waals surface area contributed by atoms with E-state index >= 15 is 0 Å². The van der Waals surface area contributed by atoms with Gasteiger partial charge in [-0.2, -0.15) is 0 Å². The first-order valence-electron chi connectivity index (χ1n) is 6.58. The largest absolute Gasteiger partial charge is 0.356 e. The van der Waals surface area contributed by atoms with Gasteiger partial charge >= 0.3 is 0 Å². The second kappa shape index (κ2) is 6.52. The lowest BCUT2D eigenvalue weighted by atomic mass is 9.94. The first-order chi connectivity index (χ1) is 8.47. The zero-order valence-corrected chi connectivity index (χ0v) is 11.4. The molecule has 0 aromatic heterocycles. The lowest BCUT2D eigenvalue weighted by molar-refractivity contribution is -0.140. The summed E-state index contributed by atoms with van der Waals surface area (Å²) in [6, 6.07) is 0. The van der Waals surface area contributed by atoms with Gasteiger partial charge in [0.1, 0.15) is 0 Å². The van der Waals surface area contributed by atoms with E-state index in [-0.39, 0.29) is 50.4 Å². The molecule has 18 heavy (non-hydrogen) atoms. The lowest BCUT2D eigenvalue weighted by Gasteiger charge is -2.16. The zero-order chi connectivity index (χ0) is 13.7. The van der Waals surface area contributed by atoms with E-state index in [2.05, 4.69) is 5.32 Å². The van der Waals surface area contributed by atoms with Crippen LogP contribution in [0.1, 0.15) is 41.5 Å². The molecule has 5 nitrogen and oxygen atoms in total. The molecular weight excluding hydrogens is 232 g/mol. The van der Waals surface area contributed by atoms with E-state index in [1.54, 1.807) is 0 Å². The fourth-order valence-electron chi connectivity index (χ4n) is 2.03. The highest BCUT2D eigenvalue weighted by atomic mass is 16.2. The number of carbonyl (C=O) groups is 3. The number of carbonyl (C=O) groups excluding carboxylic acids is 3. The molecule has 1 saturated heterocycles. The van der Waals surface area contributed by atoms with Crippen LogP contribution in [-0.2, 0) is 14.4 Å². The van der Waals surface area contributed by atoms with E-state index in [1.165, 1.54) is 4.90 Å². The highest BCUT2D eigenvalue weighted by Gasteiger charge is 2.39. The third-order valence-electron chi connectivity index (χ3n) is 3.22. The molecule has 1 atom stereocenters. The quantitative estimate of drug-likeness (QED) is 0.726. The summed E-state index contributed by atoms with van der Waals surface area (Å²) in [6.45, 7) is 6.69. The number of amides is 3. The van der Waals surface area contributed by atoms with Crippen LogP contribution in [-0.4, -0.2) is 35.7 Å². The molecule has 1 unspecified atom stereocenters. The third-order valence-corrected chi connectivity index (χ3v) is 3.22. The Morgan fingerprint density at radius 1 is 1.50 bits per heavy atom. The van der Waals surface area contributed by atoms with Crippen molar-refractivity contribution >= 4 is 17.7 Å². The summed E-state index contributed by atoms with van der Waals surface area (Å²) in [5.41, 5.74) is 0. The number of nitrogens with zero attached hydrogens (tertiary/aromatic N) is 1.